The highest BCUT2D eigenvalue weighted by Gasteiger charge is 2.17. The zero-order valence-corrected chi connectivity index (χ0v) is 10.5. The van der Waals surface area contributed by atoms with Gasteiger partial charge in [0.1, 0.15) is 10.6 Å². The summed E-state index contributed by atoms with van der Waals surface area (Å²) in [7, 11) is -3.72. The predicted octanol–water partition coefficient (Wildman–Crippen LogP) is 1.48. The molecule has 0 amide bonds. The molecule has 1 aromatic heterocycles. The van der Waals surface area contributed by atoms with E-state index in [1.54, 1.807) is 12.1 Å². The number of hydrogen-bond acceptors (Lipinski definition) is 4. The molecular formula is C11H13N3O3S. The van der Waals surface area contributed by atoms with Crippen LogP contribution in [0.25, 0.3) is 0 Å². The van der Waals surface area contributed by atoms with Crippen molar-refractivity contribution in [2.75, 3.05) is 4.72 Å². The smallest absolute Gasteiger partial charge is 0.265 e. The summed E-state index contributed by atoms with van der Waals surface area (Å²) < 4.78 is 26.2. The van der Waals surface area contributed by atoms with Crippen molar-refractivity contribution in [1.82, 2.24) is 10.2 Å². The van der Waals surface area contributed by atoms with Crippen LogP contribution in [0.4, 0.5) is 5.69 Å². The summed E-state index contributed by atoms with van der Waals surface area (Å²) >= 11 is 0. The minimum Gasteiger partial charge on any atom is -0.506 e. The fourth-order valence-electron chi connectivity index (χ4n) is 1.47. The first kappa shape index (κ1) is 12.4. The van der Waals surface area contributed by atoms with Crippen molar-refractivity contribution in [2.24, 2.45) is 0 Å². The van der Waals surface area contributed by atoms with Gasteiger partial charge in [-0.05, 0) is 24.1 Å². The average Bonchev–Trinajstić information content (AvgIpc) is 2.86. The Morgan fingerprint density at radius 3 is 2.83 bits per heavy atom. The summed E-state index contributed by atoms with van der Waals surface area (Å²) in [6, 6.07) is 4.81. The van der Waals surface area contributed by atoms with Crippen LogP contribution in [-0.2, 0) is 16.4 Å². The average molecular weight is 267 g/mol. The second-order valence-corrected chi connectivity index (χ2v) is 5.43. The summed E-state index contributed by atoms with van der Waals surface area (Å²) in [5.41, 5.74) is 1.09. The van der Waals surface area contributed by atoms with Gasteiger partial charge in [-0.3, -0.25) is 9.82 Å². The summed E-state index contributed by atoms with van der Waals surface area (Å²) in [5, 5.41) is 15.6. The van der Waals surface area contributed by atoms with E-state index in [9.17, 15) is 13.5 Å². The lowest BCUT2D eigenvalue weighted by atomic mass is 10.1. The molecule has 3 N–H and O–H groups in total. The number of aromatic hydroxyl groups is 1. The number of benzene rings is 1. The molecule has 0 atom stereocenters. The van der Waals surface area contributed by atoms with Gasteiger partial charge in [0.2, 0.25) is 0 Å². The fraction of sp³-hybridized carbons (Fsp3) is 0.182. The molecular weight excluding hydrogens is 254 g/mol. The van der Waals surface area contributed by atoms with Crippen molar-refractivity contribution in [1.29, 1.82) is 0 Å². The van der Waals surface area contributed by atoms with Crippen molar-refractivity contribution in [2.45, 2.75) is 18.2 Å². The predicted molar refractivity (Wildman–Crippen MR) is 66.9 cm³/mol. The molecule has 2 aromatic rings. The number of aryl methyl sites for hydroxylation is 1. The minimum absolute atomic E-state index is 0.0174. The fourth-order valence-corrected chi connectivity index (χ4v) is 2.44. The van der Waals surface area contributed by atoms with E-state index in [1.807, 2.05) is 6.92 Å². The Morgan fingerprint density at radius 2 is 2.22 bits per heavy atom. The van der Waals surface area contributed by atoms with Crippen molar-refractivity contribution in [3.8, 4) is 5.75 Å². The highest BCUT2D eigenvalue weighted by Crippen LogP contribution is 2.26. The molecule has 96 valence electrons. The number of aromatic nitrogens is 2. The molecule has 1 heterocycles. The van der Waals surface area contributed by atoms with Crippen molar-refractivity contribution in [3.05, 3.63) is 36.2 Å². The second-order valence-electron chi connectivity index (χ2n) is 3.74. The topological polar surface area (TPSA) is 95.1 Å². The van der Waals surface area contributed by atoms with E-state index >= 15 is 0 Å². The van der Waals surface area contributed by atoms with Crippen LogP contribution in [-0.4, -0.2) is 23.7 Å². The van der Waals surface area contributed by atoms with Crippen LogP contribution >= 0.6 is 0 Å². The van der Waals surface area contributed by atoms with Gasteiger partial charge in [0.15, 0.2) is 0 Å². The van der Waals surface area contributed by atoms with Gasteiger partial charge in [0.25, 0.3) is 10.0 Å². The number of anilines is 1. The lowest BCUT2D eigenvalue weighted by Gasteiger charge is -2.09. The molecule has 0 spiro atoms. The monoisotopic (exact) mass is 267 g/mol. The number of phenolic OH excluding ortho intramolecular Hbond substituents is 1. The number of hydrogen-bond donors (Lipinski definition) is 3. The maximum atomic E-state index is 11.9. The zero-order chi connectivity index (χ0) is 13.2. The molecule has 0 saturated heterocycles. The normalized spacial score (nSPS) is 11.4. The molecule has 0 aliphatic heterocycles. The largest absolute Gasteiger partial charge is 0.506 e. The first-order valence-electron chi connectivity index (χ1n) is 5.36. The van der Waals surface area contributed by atoms with Gasteiger partial charge in [-0.25, -0.2) is 8.42 Å². The van der Waals surface area contributed by atoms with E-state index in [0.29, 0.717) is 0 Å². The van der Waals surface area contributed by atoms with E-state index in [-0.39, 0.29) is 16.3 Å². The minimum atomic E-state index is -3.72. The van der Waals surface area contributed by atoms with Crippen molar-refractivity contribution in [3.63, 3.8) is 0 Å². The van der Waals surface area contributed by atoms with Crippen LogP contribution in [0.5, 0.6) is 5.75 Å². The maximum Gasteiger partial charge on any atom is 0.265 e. The van der Waals surface area contributed by atoms with Gasteiger partial charge in [0.05, 0.1) is 11.9 Å². The highest BCUT2D eigenvalue weighted by atomic mass is 32.2. The Kier molecular flexibility index (Phi) is 3.24. The van der Waals surface area contributed by atoms with Gasteiger partial charge < -0.3 is 5.11 Å². The van der Waals surface area contributed by atoms with Gasteiger partial charge in [0, 0.05) is 6.20 Å². The SMILES string of the molecule is CCc1ccc(O)c(NS(=O)(=O)c2cn[nH]c2)c1. The number of phenols is 1. The van der Waals surface area contributed by atoms with Gasteiger partial charge in [-0.15, -0.1) is 0 Å². The van der Waals surface area contributed by atoms with Gasteiger partial charge >= 0.3 is 0 Å². The molecule has 6 nitrogen and oxygen atoms in total. The molecule has 0 bridgehead atoms. The third kappa shape index (κ3) is 2.45. The third-order valence-corrected chi connectivity index (χ3v) is 3.83. The van der Waals surface area contributed by atoms with Gasteiger partial charge in [-0.2, -0.15) is 5.10 Å². The van der Waals surface area contributed by atoms with Crippen LogP contribution in [0.3, 0.4) is 0 Å². The lowest BCUT2D eigenvalue weighted by Crippen LogP contribution is -2.12. The molecule has 0 aliphatic rings. The van der Waals surface area contributed by atoms with Crippen LogP contribution in [0.1, 0.15) is 12.5 Å². The van der Waals surface area contributed by atoms with Crippen molar-refractivity contribution < 1.29 is 13.5 Å². The summed E-state index contributed by atoms with van der Waals surface area (Å²) in [4.78, 5) is 0.0174. The second kappa shape index (κ2) is 4.69. The maximum absolute atomic E-state index is 11.9. The number of H-pyrrole nitrogens is 1. The van der Waals surface area contributed by atoms with Crippen LogP contribution in [0, 0.1) is 0 Å². The van der Waals surface area contributed by atoms with E-state index in [1.165, 1.54) is 18.5 Å². The van der Waals surface area contributed by atoms with Crippen LogP contribution in [0.15, 0.2) is 35.5 Å². The number of sulfonamides is 1. The van der Waals surface area contributed by atoms with Crippen LogP contribution < -0.4 is 4.72 Å². The molecule has 0 fully saturated rings. The molecule has 7 heteroatoms. The number of rotatable bonds is 4. The Labute approximate surface area is 105 Å². The molecule has 18 heavy (non-hydrogen) atoms. The first-order chi connectivity index (χ1) is 8.53. The summed E-state index contributed by atoms with van der Waals surface area (Å²) in [5.74, 6) is -0.112. The number of aromatic amines is 1. The standard InChI is InChI=1S/C11H13N3O3S/c1-2-8-3-4-11(15)10(5-8)14-18(16,17)9-6-12-13-7-9/h3-7,14-15H,2H2,1H3,(H,12,13). The Hall–Kier alpha value is -2.02. The summed E-state index contributed by atoms with van der Waals surface area (Å²) in [6.07, 6.45) is 3.22. The quantitative estimate of drug-likeness (QED) is 0.731. The number of nitrogens with one attached hydrogen (secondary N) is 2. The van der Waals surface area contributed by atoms with Crippen LogP contribution in [0.2, 0.25) is 0 Å². The highest BCUT2D eigenvalue weighted by molar-refractivity contribution is 7.92. The molecule has 2 rings (SSSR count). The molecule has 0 aliphatic carbocycles. The zero-order valence-electron chi connectivity index (χ0n) is 9.71. The lowest BCUT2D eigenvalue weighted by molar-refractivity contribution is 0.477. The Bertz CT molecular complexity index is 636. The van der Waals surface area contributed by atoms with E-state index in [4.69, 9.17) is 0 Å². The van der Waals surface area contributed by atoms with Gasteiger partial charge in [-0.1, -0.05) is 13.0 Å². The van der Waals surface area contributed by atoms with E-state index in [2.05, 4.69) is 14.9 Å². The number of nitrogens with zero attached hydrogens (tertiary/aromatic N) is 1. The molecule has 0 radical (unpaired) electrons. The first-order valence-corrected chi connectivity index (χ1v) is 6.84. The van der Waals surface area contributed by atoms with Crippen molar-refractivity contribution >= 4 is 15.7 Å². The molecule has 0 unspecified atom stereocenters. The Balaban J connectivity index is 2.35. The third-order valence-electron chi connectivity index (χ3n) is 2.50. The van der Waals surface area contributed by atoms with E-state index in [0.717, 1.165) is 12.0 Å². The molecule has 1 aromatic carbocycles. The Morgan fingerprint density at radius 1 is 1.44 bits per heavy atom. The molecule has 0 saturated carbocycles. The van der Waals surface area contributed by atoms with E-state index < -0.39 is 10.0 Å². The summed E-state index contributed by atoms with van der Waals surface area (Å²) in [6.45, 7) is 1.95.